The third-order valence-electron chi connectivity index (χ3n) is 2.63. The van der Waals surface area contributed by atoms with Crippen LogP contribution in [0.5, 0.6) is 0 Å². The van der Waals surface area contributed by atoms with Crippen LogP contribution in [0.25, 0.3) is 0 Å². The molecule has 94 valence electrons. The van der Waals surface area contributed by atoms with Crippen LogP contribution in [0.3, 0.4) is 0 Å². The highest BCUT2D eigenvalue weighted by molar-refractivity contribution is 5.69. The number of hydrogen-bond donors (Lipinski definition) is 2. The fourth-order valence-electron chi connectivity index (χ4n) is 1.59. The molecule has 0 aliphatic heterocycles. The van der Waals surface area contributed by atoms with Crippen molar-refractivity contribution in [1.82, 2.24) is 9.78 Å². The number of non-ortho nitro benzene ring substituents is 1. The lowest BCUT2D eigenvalue weighted by Gasteiger charge is -2.09. The fraction of sp³-hybridized carbons (Fsp3) is 0.182. The normalized spacial score (nSPS) is 10.3. The molecule has 0 bridgehead atoms. The second-order valence-electron chi connectivity index (χ2n) is 3.83. The van der Waals surface area contributed by atoms with Gasteiger partial charge in [-0.25, -0.2) is 0 Å². The zero-order valence-corrected chi connectivity index (χ0v) is 9.83. The van der Waals surface area contributed by atoms with Crippen molar-refractivity contribution in [2.75, 3.05) is 11.1 Å². The molecule has 7 heteroatoms. The number of nitrogens with two attached hydrogens (primary N) is 1. The van der Waals surface area contributed by atoms with Gasteiger partial charge < -0.3 is 11.1 Å². The van der Waals surface area contributed by atoms with Crippen LogP contribution in [0.4, 0.5) is 17.1 Å². The molecule has 3 N–H and O–H groups in total. The highest BCUT2D eigenvalue weighted by Crippen LogP contribution is 2.24. The number of benzene rings is 1. The molecule has 2 rings (SSSR count). The van der Waals surface area contributed by atoms with Crippen molar-refractivity contribution in [2.24, 2.45) is 7.05 Å². The first-order valence-corrected chi connectivity index (χ1v) is 5.32. The number of rotatable bonds is 4. The summed E-state index contributed by atoms with van der Waals surface area (Å²) in [5.74, 6) is 0. The van der Waals surface area contributed by atoms with E-state index in [-0.39, 0.29) is 5.69 Å². The Morgan fingerprint density at radius 2 is 2.28 bits per heavy atom. The Morgan fingerprint density at radius 3 is 2.83 bits per heavy atom. The predicted octanol–water partition coefficient (Wildman–Crippen LogP) is 1.52. The Labute approximate surface area is 103 Å². The van der Waals surface area contributed by atoms with Crippen LogP contribution in [-0.2, 0) is 13.6 Å². The highest BCUT2D eigenvalue weighted by atomic mass is 16.6. The van der Waals surface area contributed by atoms with E-state index in [2.05, 4.69) is 10.4 Å². The summed E-state index contributed by atoms with van der Waals surface area (Å²) in [6, 6.07) is 6.24. The van der Waals surface area contributed by atoms with E-state index in [0.717, 1.165) is 5.69 Å². The summed E-state index contributed by atoms with van der Waals surface area (Å²) < 4.78 is 1.74. The summed E-state index contributed by atoms with van der Waals surface area (Å²) in [6.45, 7) is 0.554. The van der Waals surface area contributed by atoms with Gasteiger partial charge in [-0.05, 0) is 12.1 Å². The third-order valence-corrected chi connectivity index (χ3v) is 2.63. The fourth-order valence-corrected chi connectivity index (χ4v) is 1.59. The van der Waals surface area contributed by atoms with Gasteiger partial charge in [-0.3, -0.25) is 14.8 Å². The van der Waals surface area contributed by atoms with Gasteiger partial charge in [-0.1, -0.05) is 0 Å². The summed E-state index contributed by atoms with van der Waals surface area (Å²) in [5.41, 5.74) is 7.75. The molecule has 0 aliphatic carbocycles. The number of nitrogen functional groups attached to an aromatic ring is 1. The van der Waals surface area contributed by atoms with E-state index in [1.165, 1.54) is 12.1 Å². The summed E-state index contributed by atoms with van der Waals surface area (Å²) >= 11 is 0. The summed E-state index contributed by atoms with van der Waals surface area (Å²) in [5, 5.41) is 17.7. The molecule has 0 spiro atoms. The average molecular weight is 247 g/mol. The van der Waals surface area contributed by atoms with Crippen LogP contribution in [-0.4, -0.2) is 14.7 Å². The quantitative estimate of drug-likeness (QED) is 0.485. The first kappa shape index (κ1) is 11.9. The van der Waals surface area contributed by atoms with E-state index >= 15 is 0 Å². The van der Waals surface area contributed by atoms with E-state index in [1.54, 1.807) is 16.9 Å². The lowest BCUT2D eigenvalue weighted by atomic mass is 10.2. The number of aryl methyl sites for hydroxylation is 1. The van der Waals surface area contributed by atoms with Crippen molar-refractivity contribution in [3.8, 4) is 0 Å². The average Bonchev–Trinajstić information content (AvgIpc) is 2.73. The van der Waals surface area contributed by atoms with Crippen LogP contribution < -0.4 is 11.1 Å². The summed E-state index contributed by atoms with van der Waals surface area (Å²) in [6.07, 6.45) is 1.70. The number of nitro groups is 1. The maximum Gasteiger partial charge on any atom is 0.271 e. The standard InChI is InChI=1S/C11H13N5O2/c1-15-9(4-5-14-15)7-13-11-3-2-8(16(17)18)6-10(11)12/h2-6,13H,7,12H2,1H3. The minimum absolute atomic E-state index is 0.0152. The molecule has 1 aromatic carbocycles. The number of aromatic nitrogens is 2. The molecule has 0 aliphatic rings. The largest absolute Gasteiger partial charge is 0.397 e. The van der Waals surface area contributed by atoms with Crippen molar-refractivity contribution >= 4 is 17.1 Å². The molecule has 1 heterocycles. The van der Waals surface area contributed by atoms with E-state index in [0.29, 0.717) is 17.9 Å². The number of nitrogens with one attached hydrogen (secondary N) is 1. The molecule has 0 unspecified atom stereocenters. The molecule has 1 aromatic heterocycles. The van der Waals surface area contributed by atoms with E-state index in [9.17, 15) is 10.1 Å². The molecule has 18 heavy (non-hydrogen) atoms. The first-order chi connectivity index (χ1) is 8.58. The zero-order chi connectivity index (χ0) is 13.1. The second kappa shape index (κ2) is 4.74. The Hall–Kier alpha value is -2.57. The smallest absolute Gasteiger partial charge is 0.271 e. The molecule has 2 aromatic rings. The highest BCUT2D eigenvalue weighted by Gasteiger charge is 2.08. The van der Waals surface area contributed by atoms with Gasteiger partial charge in [0.25, 0.3) is 5.69 Å². The SMILES string of the molecule is Cn1nccc1CNc1ccc([N+](=O)[O-])cc1N. The minimum atomic E-state index is -0.471. The lowest BCUT2D eigenvalue weighted by molar-refractivity contribution is -0.384. The molecular weight excluding hydrogens is 234 g/mol. The Bertz CT molecular complexity index is 579. The van der Waals surface area contributed by atoms with Crippen molar-refractivity contribution in [3.63, 3.8) is 0 Å². The van der Waals surface area contributed by atoms with E-state index in [1.807, 2.05) is 13.1 Å². The first-order valence-electron chi connectivity index (χ1n) is 5.32. The van der Waals surface area contributed by atoms with Crippen LogP contribution >= 0.6 is 0 Å². The second-order valence-corrected chi connectivity index (χ2v) is 3.83. The van der Waals surface area contributed by atoms with E-state index in [4.69, 9.17) is 5.73 Å². The molecule has 0 amide bonds. The van der Waals surface area contributed by atoms with Gasteiger partial charge >= 0.3 is 0 Å². The molecule has 0 saturated carbocycles. The van der Waals surface area contributed by atoms with Crippen LogP contribution in [0.2, 0.25) is 0 Å². The van der Waals surface area contributed by atoms with Gasteiger partial charge in [0.1, 0.15) is 0 Å². The Morgan fingerprint density at radius 1 is 1.50 bits per heavy atom. The molecule has 0 atom stereocenters. The maximum absolute atomic E-state index is 10.6. The van der Waals surface area contributed by atoms with Gasteiger partial charge in [0.15, 0.2) is 0 Å². The van der Waals surface area contributed by atoms with Crippen molar-refractivity contribution in [2.45, 2.75) is 6.54 Å². The van der Waals surface area contributed by atoms with Crippen LogP contribution in [0.1, 0.15) is 5.69 Å². The van der Waals surface area contributed by atoms with Crippen LogP contribution in [0.15, 0.2) is 30.5 Å². The monoisotopic (exact) mass is 247 g/mol. The van der Waals surface area contributed by atoms with Gasteiger partial charge in [0, 0.05) is 25.4 Å². The lowest BCUT2D eigenvalue weighted by Crippen LogP contribution is -2.07. The number of nitro benzene ring substituents is 1. The summed E-state index contributed by atoms with van der Waals surface area (Å²) in [7, 11) is 1.84. The Balaban J connectivity index is 2.11. The third kappa shape index (κ3) is 2.40. The van der Waals surface area contributed by atoms with Crippen molar-refractivity contribution in [3.05, 3.63) is 46.3 Å². The van der Waals surface area contributed by atoms with Crippen molar-refractivity contribution < 1.29 is 4.92 Å². The number of hydrogen-bond acceptors (Lipinski definition) is 5. The van der Waals surface area contributed by atoms with Gasteiger partial charge in [-0.15, -0.1) is 0 Å². The predicted molar refractivity (Wildman–Crippen MR) is 68.0 cm³/mol. The number of nitrogens with zero attached hydrogens (tertiary/aromatic N) is 3. The summed E-state index contributed by atoms with van der Waals surface area (Å²) in [4.78, 5) is 10.1. The number of anilines is 2. The molecule has 7 nitrogen and oxygen atoms in total. The molecule has 0 saturated heterocycles. The zero-order valence-electron chi connectivity index (χ0n) is 9.83. The maximum atomic E-state index is 10.6. The van der Waals surface area contributed by atoms with Gasteiger partial charge in [0.2, 0.25) is 0 Å². The molecular formula is C11H13N5O2. The Kier molecular flexibility index (Phi) is 3.13. The van der Waals surface area contributed by atoms with Crippen LogP contribution in [0, 0.1) is 10.1 Å². The molecule has 0 radical (unpaired) electrons. The van der Waals surface area contributed by atoms with Crippen molar-refractivity contribution in [1.29, 1.82) is 0 Å². The van der Waals surface area contributed by atoms with Gasteiger partial charge in [-0.2, -0.15) is 5.10 Å². The minimum Gasteiger partial charge on any atom is -0.397 e. The van der Waals surface area contributed by atoms with E-state index < -0.39 is 4.92 Å². The topological polar surface area (TPSA) is 99.0 Å². The molecule has 0 fully saturated rings. The van der Waals surface area contributed by atoms with Gasteiger partial charge in [0.05, 0.1) is 28.5 Å².